The molecule has 236 valence electrons. The van der Waals surface area contributed by atoms with Crippen LogP contribution in [0.2, 0.25) is 0 Å². The largest absolute Gasteiger partial charge is 0.490 e. The van der Waals surface area contributed by atoms with E-state index >= 15 is 0 Å². The standard InChI is InChI=1S/C20H26N5O13P3S2/c1-42-43-9-11-4-2-3-5-13(11)14(26)6-12-7-16(25-10-22-17-18(25)23-20(21)24-19(17)27)36-15(12)8-35-40(31,32)38-41(33,34)37-39(28,29)30/h2-5,10,12,15-16H,6-9H2,1H3,(H,31,32)(H,33,34)(H2,28,29,30)(H3,21,23,24,27)/t12?,15-,16-/m1/s1. The van der Waals surface area contributed by atoms with Crippen LogP contribution in [0.5, 0.6) is 0 Å². The summed E-state index contributed by atoms with van der Waals surface area (Å²) in [5, 5.41) is 0. The van der Waals surface area contributed by atoms with E-state index in [-0.39, 0.29) is 35.7 Å². The molecule has 0 bridgehead atoms. The maximum Gasteiger partial charge on any atom is 0.490 e. The Kier molecular flexibility index (Phi) is 10.8. The van der Waals surface area contributed by atoms with Crippen LogP contribution < -0.4 is 11.3 Å². The molecule has 3 heterocycles. The number of fused-ring (bicyclic) bond motifs is 1. The molecule has 0 radical (unpaired) electrons. The van der Waals surface area contributed by atoms with Crippen LogP contribution in [0.1, 0.15) is 35.0 Å². The fourth-order valence-corrected chi connectivity index (χ4v) is 8.62. The molecule has 1 fully saturated rings. The Labute approximate surface area is 250 Å². The number of nitrogens with zero attached hydrogens (tertiary/aromatic N) is 3. The molecule has 18 nitrogen and oxygen atoms in total. The van der Waals surface area contributed by atoms with E-state index in [9.17, 15) is 33.1 Å². The number of benzene rings is 1. The van der Waals surface area contributed by atoms with Gasteiger partial charge in [0.1, 0.15) is 6.23 Å². The molecule has 43 heavy (non-hydrogen) atoms. The lowest BCUT2D eigenvalue weighted by atomic mass is 9.91. The van der Waals surface area contributed by atoms with Crippen molar-refractivity contribution in [3.05, 3.63) is 52.1 Å². The third-order valence-corrected chi connectivity index (χ3v) is 11.6. The van der Waals surface area contributed by atoms with Crippen LogP contribution >= 0.6 is 45.1 Å². The first kappa shape index (κ1) is 34.0. The summed E-state index contributed by atoms with van der Waals surface area (Å²) in [6, 6.07) is 7.02. The third-order valence-electron chi connectivity index (χ3n) is 6.04. The van der Waals surface area contributed by atoms with E-state index in [0.29, 0.717) is 11.3 Å². The van der Waals surface area contributed by atoms with E-state index < -0.39 is 53.9 Å². The van der Waals surface area contributed by atoms with E-state index in [2.05, 4.69) is 23.6 Å². The molecule has 23 heteroatoms. The molecule has 0 spiro atoms. The highest BCUT2D eigenvalue weighted by Crippen LogP contribution is 2.66. The van der Waals surface area contributed by atoms with Crippen molar-refractivity contribution in [2.75, 3.05) is 18.6 Å². The third kappa shape index (κ3) is 9.08. The SMILES string of the molecule is CSSCc1ccccc1C(=O)CC1C[C@H](n2cnc3c(=O)[nH]c(N)nc32)O[C@@H]1COP(=O)(O)OP(=O)(O)OP(=O)(O)O. The van der Waals surface area contributed by atoms with E-state index in [1.165, 1.54) is 21.7 Å². The van der Waals surface area contributed by atoms with Gasteiger partial charge in [-0.05, 0) is 24.2 Å². The van der Waals surface area contributed by atoms with Gasteiger partial charge in [-0.2, -0.15) is 13.6 Å². The highest BCUT2D eigenvalue weighted by atomic mass is 33.1. The number of ketones is 1. The van der Waals surface area contributed by atoms with Crippen LogP contribution in [0.25, 0.3) is 11.2 Å². The molecule has 1 aromatic carbocycles. The predicted octanol–water partition coefficient (Wildman–Crippen LogP) is 2.73. The molecular weight excluding hydrogens is 675 g/mol. The van der Waals surface area contributed by atoms with E-state index in [4.69, 9.17) is 24.8 Å². The number of phosphoric acid groups is 3. The van der Waals surface area contributed by atoms with Crippen LogP contribution in [-0.4, -0.2) is 63.8 Å². The molecule has 1 aliphatic rings. The van der Waals surface area contributed by atoms with Gasteiger partial charge in [0.2, 0.25) is 5.95 Å². The van der Waals surface area contributed by atoms with E-state index in [1.807, 2.05) is 12.3 Å². The molecule has 7 N–H and O–H groups in total. The number of imidazole rings is 1. The number of aromatic nitrogens is 4. The number of nitrogen functional groups attached to an aromatic ring is 1. The first-order valence-electron chi connectivity index (χ1n) is 12.0. The minimum absolute atomic E-state index is 0.0395. The van der Waals surface area contributed by atoms with Crippen LogP contribution in [0.4, 0.5) is 5.95 Å². The molecule has 1 aliphatic heterocycles. The Balaban J connectivity index is 1.58. The number of H-pyrrole nitrogens is 1. The van der Waals surface area contributed by atoms with Crippen molar-refractivity contribution in [3.8, 4) is 0 Å². The summed E-state index contributed by atoms with van der Waals surface area (Å²) in [7, 11) is -13.7. The van der Waals surface area contributed by atoms with Crippen molar-refractivity contribution in [2.45, 2.75) is 30.9 Å². The number of hydrogen-bond acceptors (Lipinski definition) is 14. The van der Waals surface area contributed by atoms with Gasteiger partial charge in [0.05, 0.1) is 19.0 Å². The van der Waals surface area contributed by atoms with Crippen LogP contribution in [-0.2, 0) is 37.3 Å². The summed E-state index contributed by atoms with van der Waals surface area (Å²) in [4.78, 5) is 73.0. The molecule has 0 amide bonds. The zero-order valence-electron chi connectivity index (χ0n) is 22.0. The maximum absolute atomic E-state index is 13.5. The summed E-state index contributed by atoms with van der Waals surface area (Å²) in [6.45, 7) is -0.773. The second-order valence-corrected chi connectivity index (χ2v) is 16.0. The van der Waals surface area contributed by atoms with Crippen molar-refractivity contribution in [2.24, 2.45) is 5.92 Å². The summed E-state index contributed by atoms with van der Waals surface area (Å²) >= 11 is 0. The minimum atomic E-state index is -5.74. The molecule has 0 saturated carbocycles. The van der Waals surface area contributed by atoms with Gasteiger partial charge in [-0.3, -0.25) is 23.7 Å². The van der Waals surface area contributed by atoms with Gasteiger partial charge in [-0.15, -0.1) is 0 Å². The second-order valence-electron chi connectivity index (χ2n) is 9.00. The number of hydrogen-bond donors (Lipinski definition) is 6. The summed E-state index contributed by atoms with van der Waals surface area (Å²) in [6.07, 6.45) is 1.15. The van der Waals surface area contributed by atoms with E-state index in [0.717, 1.165) is 5.56 Å². The number of ether oxygens (including phenoxy) is 1. The number of nitrogens with one attached hydrogen (secondary N) is 1. The van der Waals surface area contributed by atoms with Gasteiger partial charge in [-0.25, -0.2) is 18.7 Å². The first-order chi connectivity index (χ1) is 20.1. The number of rotatable bonds is 14. The molecule has 1 saturated heterocycles. The topological polar surface area (TPSA) is 276 Å². The van der Waals surface area contributed by atoms with E-state index in [1.54, 1.807) is 29.0 Å². The summed E-state index contributed by atoms with van der Waals surface area (Å²) < 4.78 is 54.7. The van der Waals surface area contributed by atoms with Gasteiger partial charge < -0.3 is 30.0 Å². The van der Waals surface area contributed by atoms with Gasteiger partial charge in [-0.1, -0.05) is 45.9 Å². The Morgan fingerprint density at radius 3 is 2.60 bits per heavy atom. The normalized spacial score (nSPS) is 21.9. The van der Waals surface area contributed by atoms with Crippen LogP contribution in [0.15, 0.2) is 35.4 Å². The lowest BCUT2D eigenvalue weighted by Crippen LogP contribution is -2.25. The van der Waals surface area contributed by atoms with Crippen molar-refractivity contribution in [3.63, 3.8) is 0 Å². The van der Waals surface area contributed by atoms with Crippen molar-refractivity contribution in [1.29, 1.82) is 0 Å². The predicted molar refractivity (Wildman–Crippen MR) is 155 cm³/mol. The number of aromatic amines is 1. The Hall–Kier alpha value is -1.89. The minimum Gasteiger partial charge on any atom is -0.369 e. The average Bonchev–Trinajstić information content (AvgIpc) is 3.48. The fourth-order valence-electron chi connectivity index (χ4n) is 4.36. The maximum atomic E-state index is 13.5. The fraction of sp³-hybridized carbons (Fsp3) is 0.400. The number of nitrogens with two attached hydrogens (primary N) is 1. The highest BCUT2D eigenvalue weighted by molar-refractivity contribution is 8.76. The average molecular weight is 702 g/mol. The molecular formula is C20H26N5O13P3S2. The van der Waals surface area contributed by atoms with Crippen molar-refractivity contribution in [1.82, 2.24) is 19.5 Å². The van der Waals surface area contributed by atoms with Gasteiger partial charge >= 0.3 is 23.5 Å². The van der Waals surface area contributed by atoms with Crippen LogP contribution in [0, 0.1) is 5.92 Å². The van der Waals surface area contributed by atoms with Gasteiger partial charge in [0, 0.05) is 17.7 Å². The number of carbonyl (C=O) groups is 1. The second kappa shape index (κ2) is 13.6. The number of anilines is 1. The Morgan fingerprint density at radius 2 is 1.91 bits per heavy atom. The lowest BCUT2D eigenvalue weighted by Gasteiger charge is -2.21. The highest BCUT2D eigenvalue weighted by Gasteiger charge is 2.43. The Bertz CT molecular complexity index is 1700. The van der Waals surface area contributed by atoms with Gasteiger partial charge in [0.15, 0.2) is 16.9 Å². The first-order valence-corrected chi connectivity index (χ1v) is 19.2. The molecule has 4 rings (SSSR count). The number of Topliss-reactive ketones (excluding diaryl/α,β-unsaturated/α-hetero) is 1. The zero-order valence-corrected chi connectivity index (χ0v) is 26.3. The molecule has 0 aliphatic carbocycles. The van der Waals surface area contributed by atoms with Gasteiger partial charge in [0.25, 0.3) is 5.56 Å². The molecule has 3 unspecified atom stereocenters. The zero-order chi connectivity index (χ0) is 31.6. The van der Waals surface area contributed by atoms with Crippen molar-refractivity contribution < 1.29 is 55.9 Å². The lowest BCUT2D eigenvalue weighted by molar-refractivity contribution is -0.0287. The summed E-state index contributed by atoms with van der Waals surface area (Å²) in [5.74, 6) is -0.565. The smallest absolute Gasteiger partial charge is 0.369 e. The number of phosphoric ester groups is 1. The summed E-state index contributed by atoms with van der Waals surface area (Å²) in [5.41, 5.74) is 6.37. The monoisotopic (exact) mass is 701 g/mol. The Morgan fingerprint density at radius 1 is 1.19 bits per heavy atom. The quantitative estimate of drug-likeness (QED) is 0.0800. The molecule has 2 aromatic heterocycles. The van der Waals surface area contributed by atoms with Crippen LogP contribution in [0.3, 0.4) is 0 Å². The van der Waals surface area contributed by atoms with Crippen molar-refractivity contribution >= 4 is 68.0 Å². The molecule has 3 aromatic rings. The number of carbonyl (C=O) groups excluding carboxylic acids is 1. The molecule has 5 atom stereocenters.